The minimum Gasteiger partial charge on any atom is -0.507 e. The largest absolute Gasteiger partial charge is 0.507 e. The number of hydrogen-bond acceptors (Lipinski definition) is 5. The van der Waals surface area contributed by atoms with Crippen molar-refractivity contribution >= 4 is 5.82 Å². The molecule has 0 amide bonds. The second-order valence-electron chi connectivity index (χ2n) is 5.28. The van der Waals surface area contributed by atoms with E-state index in [2.05, 4.69) is 10.2 Å². The molecule has 5 heteroatoms. The summed E-state index contributed by atoms with van der Waals surface area (Å²) < 4.78 is 0. The van der Waals surface area contributed by atoms with Gasteiger partial charge < -0.3 is 16.6 Å². The zero-order valence-corrected chi connectivity index (χ0v) is 15.7. The van der Waals surface area contributed by atoms with Crippen LogP contribution in [0.15, 0.2) is 66.4 Å². The third-order valence-electron chi connectivity index (χ3n) is 3.58. The molecule has 5 nitrogen and oxygen atoms in total. The SMILES string of the molecule is C/C=C/C=C(\C=C/N)CCc1cc(-c2ccccc2O)nnc1N.CC. The lowest BCUT2D eigenvalue weighted by Crippen LogP contribution is -2.02. The number of aromatic hydroxyl groups is 1. The van der Waals surface area contributed by atoms with E-state index in [9.17, 15) is 5.11 Å². The number of aryl methyl sites for hydroxylation is 1. The van der Waals surface area contributed by atoms with Crippen molar-refractivity contribution < 1.29 is 5.11 Å². The number of anilines is 1. The minimum absolute atomic E-state index is 0.169. The number of phenols is 1. The van der Waals surface area contributed by atoms with Crippen LogP contribution in [0.1, 0.15) is 32.8 Å². The topological polar surface area (TPSA) is 98.0 Å². The number of para-hydroxylation sites is 1. The van der Waals surface area contributed by atoms with Crippen molar-refractivity contribution in [3.05, 3.63) is 72.0 Å². The van der Waals surface area contributed by atoms with Crippen LogP contribution in [-0.4, -0.2) is 15.3 Å². The first-order chi connectivity index (χ1) is 12.7. The molecule has 1 aromatic heterocycles. The zero-order chi connectivity index (χ0) is 19.4. The quantitative estimate of drug-likeness (QED) is 0.671. The summed E-state index contributed by atoms with van der Waals surface area (Å²) in [5.41, 5.74) is 14.7. The lowest BCUT2D eigenvalue weighted by Gasteiger charge is -2.08. The number of benzene rings is 1. The minimum atomic E-state index is 0.169. The molecule has 0 radical (unpaired) electrons. The number of aromatic nitrogens is 2. The van der Waals surface area contributed by atoms with Crippen LogP contribution in [0.4, 0.5) is 5.82 Å². The summed E-state index contributed by atoms with van der Waals surface area (Å²) in [5, 5.41) is 18.1. The van der Waals surface area contributed by atoms with Gasteiger partial charge in [0, 0.05) is 5.56 Å². The summed E-state index contributed by atoms with van der Waals surface area (Å²) in [5.74, 6) is 0.568. The van der Waals surface area contributed by atoms with Crippen LogP contribution in [0.3, 0.4) is 0 Å². The fraction of sp³-hybridized carbons (Fsp3) is 0.238. The Bertz CT molecular complexity index is 779. The first-order valence-corrected chi connectivity index (χ1v) is 8.76. The average Bonchev–Trinajstić information content (AvgIpc) is 2.67. The molecule has 2 rings (SSSR count). The first kappa shape index (κ1) is 21.0. The molecule has 26 heavy (non-hydrogen) atoms. The molecule has 2 aromatic rings. The van der Waals surface area contributed by atoms with Gasteiger partial charge in [0.25, 0.3) is 0 Å². The third-order valence-corrected chi connectivity index (χ3v) is 3.58. The molecular weight excluding hydrogens is 324 g/mol. The van der Waals surface area contributed by atoms with Gasteiger partial charge in [0.05, 0.1) is 5.69 Å². The average molecular weight is 352 g/mol. The molecule has 0 aliphatic heterocycles. The molecule has 1 aromatic carbocycles. The number of allylic oxidation sites excluding steroid dienone is 5. The Morgan fingerprint density at radius 2 is 1.92 bits per heavy atom. The van der Waals surface area contributed by atoms with E-state index in [1.165, 1.54) is 6.20 Å². The number of hydrogen-bond donors (Lipinski definition) is 3. The van der Waals surface area contributed by atoms with Crippen molar-refractivity contribution in [1.82, 2.24) is 10.2 Å². The van der Waals surface area contributed by atoms with Gasteiger partial charge in [0.15, 0.2) is 0 Å². The molecule has 0 aliphatic carbocycles. The smallest absolute Gasteiger partial charge is 0.149 e. The second kappa shape index (κ2) is 11.5. The number of phenolic OH excluding ortho intramolecular Hbond substituents is 1. The number of nitrogens with two attached hydrogens (primary N) is 2. The normalized spacial score (nSPS) is 11.6. The monoisotopic (exact) mass is 352 g/mol. The van der Waals surface area contributed by atoms with Crippen molar-refractivity contribution in [3.8, 4) is 17.0 Å². The van der Waals surface area contributed by atoms with Crippen molar-refractivity contribution in [2.75, 3.05) is 5.73 Å². The summed E-state index contributed by atoms with van der Waals surface area (Å²) >= 11 is 0. The summed E-state index contributed by atoms with van der Waals surface area (Å²) in [6.45, 7) is 5.96. The lowest BCUT2D eigenvalue weighted by atomic mass is 10.0. The summed E-state index contributed by atoms with van der Waals surface area (Å²) in [6.07, 6.45) is 10.8. The van der Waals surface area contributed by atoms with Gasteiger partial charge in [0.2, 0.25) is 0 Å². The zero-order valence-electron chi connectivity index (χ0n) is 15.7. The molecule has 0 atom stereocenters. The Labute approximate surface area is 155 Å². The maximum Gasteiger partial charge on any atom is 0.149 e. The van der Waals surface area contributed by atoms with Crippen LogP contribution in [-0.2, 0) is 6.42 Å². The van der Waals surface area contributed by atoms with Gasteiger partial charge in [-0.15, -0.1) is 10.2 Å². The van der Waals surface area contributed by atoms with Gasteiger partial charge in [-0.1, -0.05) is 44.2 Å². The van der Waals surface area contributed by atoms with E-state index in [1.54, 1.807) is 18.2 Å². The van der Waals surface area contributed by atoms with Gasteiger partial charge >= 0.3 is 0 Å². The third kappa shape index (κ3) is 6.09. The van der Waals surface area contributed by atoms with E-state index in [-0.39, 0.29) is 5.75 Å². The molecule has 0 bridgehead atoms. The van der Waals surface area contributed by atoms with Crippen molar-refractivity contribution in [2.24, 2.45) is 5.73 Å². The Hall–Kier alpha value is -3.08. The fourth-order valence-electron chi connectivity index (χ4n) is 2.31. The summed E-state index contributed by atoms with van der Waals surface area (Å²) in [6, 6.07) is 8.90. The van der Waals surface area contributed by atoms with E-state index in [0.29, 0.717) is 23.5 Å². The first-order valence-electron chi connectivity index (χ1n) is 8.76. The Morgan fingerprint density at radius 1 is 1.19 bits per heavy atom. The van der Waals surface area contributed by atoms with Gasteiger partial charge in [-0.2, -0.15) is 0 Å². The Kier molecular flexibility index (Phi) is 9.25. The van der Waals surface area contributed by atoms with Gasteiger partial charge in [-0.25, -0.2) is 0 Å². The summed E-state index contributed by atoms with van der Waals surface area (Å²) in [4.78, 5) is 0. The Morgan fingerprint density at radius 3 is 2.58 bits per heavy atom. The van der Waals surface area contributed by atoms with Gasteiger partial charge in [0.1, 0.15) is 11.6 Å². The van der Waals surface area contributed by atoms with Crippen LogP contribution >= 0.6 is 0 Å². The lowest BCUT2D eigenvalue weighted by molar-refractivity contribution is 0.477. The second-order valence-corrected chi connectivity index (χ2v) is 5.28. The van der Waals surface area contributed by atoms with Gasteiger partial charge in [-0.3, -0.25) is 0 Å². The number of nitrogens with zero attached hydrogens (tertiary/aromatic N) is 2. The molecule has 0 unspecified atom stereocenters. The van der Waals surface area contributed by atoms with E-state index in [4.69, 9.17) is 11.5 Å². The predicted molar refractivity (Wildman–Crippen MR) is 109 cm³/mol. The van der Waals surface area contributed by atoms with Crippen LogP contribution in [0, 0.1) is 0 Å². The van der Waals surface area contributed by atoms with Gasteiger partial charge in [-0.05, 0) is 61.4 Å². The van der Waals surface area contributed by atoms with E-state index in [1.807, 2.05) is 57.2 Å². The predicted octanol–water partition coefficient (Wildman–Crippen LogP) is 4.37. The van der Waals surface area contributed by atoms with E-state index >= 15 is 0 Å². The van der Waals surface area contributed by atoms with E-state index in [0.717, 1.165) is 17.6 Å². The molecule has 0 saturated heterocycles. The van der Waals surface area contributed by atoms with Crippen LogP contribution in [0.5, 0.6) is 5.75 Å². The molecule has 0 fully saturated rings. The maximum atomic E-state index is 9.97. The standard InChI is InChI=1S/C19H22N4O.C2H6/c1-2-3-6-14(11-12-20)9-10-15-13-17(22-23-19(15)21)16-7-4-5-8-18(16)24;1-2/h2-8,11-13,24H,9-10,20H2,1H3,(H2,21,23);1-2H3/b3-2+,12-11-,14-6-;. The van der Waals surface area contributed by atoms with Crippen LogP contribution < -0.4 is 11.5 Å². The highest BCUT2D eigenvalue weighted by Crippen LogP contribution is 2.28. The fourth-order valence-corrected chi connectivity index (χ4v) is 2.31. The molecular formula is C21H28N4O. The van der Waals surface area contributed by atoms with Crippen LogP contribution in [0.25, 0.3) is 11.3 Å². The highest BCUT2D eigenvalue weighted by molar-refractivity contribution is 5.67. The molecule has 0 saturated carbocycles. The van der Waals surface area contributed by atoms with Crippen molar-refractivity contribution in [3.63, 3.8) is 0 Å². The Balaban J connectivity index is 0.00000163. The maximum absolute atomic E-state index is 9.97. The highest BCUT2D eigenvalue weighted by atomic mass is 16.3. The number of rotatable bonds is 6. The molecule has 0 spiro atoms. The van der Waals surface area contributed by atoms with Crippen molar-refractivity contribution in [2.45, 2.75) is 33.6 Å². The molecule has 1 heterocycles. The van der Waals surface area contributed by atoms with E-state index < -0.39 is 0 Å². The van der Waals surface area contributed by atoms with Crippen molar-refractivity contribution in [1.29, 1.82) is 0 Å². The molecule has 138 valence electrons. The summed E-state index contributed by atoms with van der Waals surface area (Å²) in [7, 11) is 0. The van der Waals surface area contributed by atoms with Crippen LogP contribution in [0.2, 0.25) is 0 Å². The number of nitrogen functional groups attached to an aromatic ring is 1. The molecule has 0 aliphatic rings. The highest BCUT2D eigenvalue weighted by Gasteiger charge is 2.09. The molecule has 5 N–H and O–H groups in total.